The molecule has 8 heteroatoms. The number of hydrogen-bond acceptors (Lipinski definition) is 6. The van der Waals surface area contributed by atoms with E-state index in [4.69, 9.17) is 15.2 Å². The Morgan fingerprint density at radius 2 is 1.37 bits per heavy atom. The van der Waals surface area contributed by atoms with Crippen molar-refractivity contribution in [2.24, 2.45) is 0 Å². The summed E-state index contributed by atoms with van der Waals surface area (Å²) in [5.74, 6) is 0.0754. The molecule has 0 spiro atoms. The lowest BCUT2D eigenvalue weighted by molar-refractivity contribution is 0.144. The highest BCUT2D eigenvalue weighted by molar-refractivity contribution is 7.92. The first-order valence-electron chi connectivity index (χ1n) is 16.4. The van der Waals surface area contributed by atoms with Crippen LogP contribution < -0.4 is 15.2 Å². The van der Waals surface area contributed by atoms with E-state index >= 15 is 0 Å². The standard InChI is InChI=1S/C35H58N2O5S/c1-6-7-8-9-10-11-12-13-14-15-16-17-18-19-20-28-25-32(38)31(27-30(28)35(2,3)4)37-43(39,40)34-26-29(36)21-22-33(34)42-24-23-41-5/h21-22,25-27,37-38H,6-20,23-24,36H2,1-5H3. The molecule has 0 amide bonds. The number of anilines is 2. The second kappa shape index (κ2) is 19.0. The molecule has 0 fully saturated rings. The van der Waals surface area contributed by atoms with Gasteiger partial charge in [0.15, 0.2) is 0 Å². The van der Waals surface area contributed by atoms with E-state index in [1.807, 2.05) is 0 Å². The van der Waals surface area contributed by atoms with Gasteiger partial charge in [-0.2, -0.15) is 0 Å². The van der Waals surface area contributed by atoms with Crippen LogP contribution in [0.2, 0.25) is 0 Å². The Labute approximate surface area is 262 Å². The molecule has 0 aliphatic rings. The van der Waals surface area contributed by atoms with E-state index in [0.29, 0.717) is 12.3 Å². The van der Waals surface area contributed by atoms with Gasteiger partial charge in [0.2, 0.25) is 0 Å². The average molecular weight is 619 g/mol. The monoisotopic (exact) mass is 618 g/mol. The number of sulfonamides is 1. The van der Waals surface area contributed by atoms with Crippen LogP contribution in [0.3, 0.4) is 0 Å². The SMILES string of the molecule is CCCCCCCCCCCCCCCCc1cc(O)c(NS(=O)(=O)c2cc(N)ccc2OCCOC)cc1C(C)(C)C. The number of aryl methyl sites for hydroxylation is 1. The molecule has 0 bridgehead atoms. The van der Waals surface area contributed by atoms with E-state index in [0.717, 1.165) is 30.4 Å². The van der Waals surface area contributed by atoms with Gasteiger partial charge in [-0.1, -0.05) is 111 Å². The molecule has 2 rings (SSSR count). The predicted molar refractivity (Wildman–Crippen MR) is 180 cm³/mol. The van der Waals surface area contributed by atoms with Gasteiger partial charge in [0.25, 0.3) is 10.0 Å². The van der Waals surface area contributed by atoms with Crippen LogP contribution in [0.15, 0.2) is 35.2 Å². The third kappa shape index (κ3) is 13.4. The summed E-state index contributed by atoms with van der Waals surface area (Å²) in [6.07, 6.45) is 19.2. The van der Waals surface area contributed by atoms with Gasteiger partial charge in [-0.05, 0) is 59.7 Å². The number of ether oxygens (including phenoxy) is 2. The number of methoxy groups -OCH3 is 1. The van der Waals surface area contributed by atoms with Crippen molar-refractivity contribution >= 4 is 21.4 Å². The van der Waals surface area contributed by atoms with Gasteiger partial charge < -0.3 is 20.3 Å². The largest absolute Gasteiger partial charge is 0.506 e. The fourth-order valence-electron chi connectivity index (χ4n) is 5.42. The molecule has 0 atom stereocenters. The molecule has 7 nitrogen and oxygen atoms in total. The van der Waals surface area contributed by atoms with Crippen LogP contribution in [0.4, 0.5) is 11.4 Å². The molecule has 0 radical (unpaired) electrons. The first-order chi connectivity index (χ1) is 20.5. The molecule has 43 heavy (non-hydrogen) atoms. The smallest absolute Gasteiger partial charge is 0.265 e. The Hall–Kier alpha value is -2.45. The summed E-state index contributed by atoms with van der Waals surface area (Å²) >= 11 is 0. The summed E-state index contributed by atoms with van der Waals surface area (Å²) in [5.41, 5.74) is 8.18. The van der Waals surface area contributed by atoms with E-state index in [-0.39, 0.29) is 34.1 Å². The van der Waals surface area contributed by atoms with E-state index in [1.54, 1.807) is 25.3 Å². The van der Waals surface area contributed by atoms with Crippen molar-refractivity contribution < 1.29 is 23.0 Å². The number of phenolic OH excluding ortho intramolecular Hbond substituents is 1. The maximum Gasteiger partial charge on any atom is 0.265 e. The summed E-state index contributed by atoms with van der Waals surface area (Å²) in [4.78, 5) is -0.0909. The molecule has 244 valence electrons. The van der Waals surface area contributed by atoms with Gasteiger partial charge in [-0.3, -0.25) is 4.72 Å². The number of nitrogens with one attached hydrogen (secondary N) is 1. The summed E-state index contributed by atoms with van der Waals surface area (Å²) in [7, 11) is -2.55. The topological polar surface area (TPSA) is 111 Å². The van der Waals surface area contributed by atoms with Crippen molar-refractivity contribution in [2.75, 3.05) is 30.8 Å². The Bertz CT molecular complexity index is 1190. The molecule has 0 heterocycles. The van der Waals surface area contributed by atoms with Crippen molar-refractivity contribution in [3.05, 3.63) is 41.5 Å². The molecule has 2 aromatic rings. The highest BCUT2D eigenvalue weighted by Crippen LogP contribution is 2.37. The molecular formula is C35H58N2O5S. The molecule has 2 aromatic carbocycles. The third-order valence-corrected chi connectivity index (χ3v) is 9.26. The quantitative estimate of drug-likeness (QED) is 0.0689. The van der Waals surface area contributed by atoms with Crippen LogP contribution in [0.5, 0.6) is 11.5 Å². The summed E-state index contributed by atoms with van der Waals surface area (Å²) in [6, 6.07) is 7.96. The van der Waals surface area contributed by atoms with E-state index in [9.17, 15) is 13.5 Å². The van der Waals surface area contributed by atoms with Crippen molar-refractivity contribution in [2.45, 2.75) is 134 Å². The molecule has 0 aromatic heterocycles. The lowest BCUT2D eigenvalue weighted by Crippen LogP contribution is -2.18. The first-order valence-corrected chi connectivity index (χ1v) is 17.9. The minimum Gasteiger partial charge on any atom is -0.506 e. The van der Waals surface area contributed by atoms with Gasteiger partial charge in [0.05, 0.1) is 12.3 Å². The number of hydrogen-bond donors (Lipinski definition) is 3. The predicted octanol–water partition coefficient (Wildman–Crippen LogP) is 9.12. The summed E-state index contributed by atoms with van der Waals surface area (Å²) < 4.78 is 40.1. The van der Waals surface area contributed by atoms with Crippen LogP contribution in [0.25, 0.3) is 0 Å². The van der Waals surface area contributed by atoms with Gasteiger partial charge in [-0.15, -0.1) is 0 Å². The molecule has 0 saturated heterocycles. The number of nitrogens with two attached hydrogens (primary N) is 1. The zero-order valence-electron chi connectivity index (χ0n) is 27.5. The number of aromatic hydroxyl groups is 1. The Morgan fingerprint density at radius 1 is 0.814 bits per heavy atom. The summed E-state index contributed by atoms with van der Waals surface area (Å²) in [5, 5.41) is 10.9. The minimum absolute atomic E-state index is 0.0909. The van der Waals surface area contributed by atoms with Crippen molar-refractivity contribution in [3.8, 4) is 11.5 Å². The lowest BCUT2D eigenvalue weighted by atomic mass is 9.82. The molecule has 4 N–H and O–H groups in total. The van der Waals surface area contributed by atoms with Gasteiger partial charge >= 0.3 is 0 Å². The lowest BCUT2D eigenvalue weighted by Gasteiger charge is -2.25. The van der Waals surface area contributed by atoms with Crippen LogP contribution >= 0.6 is 0 Å². The average Bonchev–Trinajstić information content (AvgIpc) is 2.94. The zero-order valence-corrected chi connectivity index (χ0v) is 28.3. The molecule has 0 aliphatic carbocycles. The number of unbranched alkanes of at least 4 members (excludes halogenated alkanes) is 13. The van der Waals surface area contributed by atoms with E-state index in [2.05, 4.69) is 32.4 Å². The Kier molecular flexibility index (Phi) is 16.3. The second-order valence-corrected chi connectivity index (χ2v) is 14.4. The van der Waals surface area contributed by atoms with Crippen LogP contribution in [-0.4, -0.2) is 33.8 Å². The van der Waals surface area contributed by atoms with E-state index < -0.39 is 10.0 Å². The van der Waals surface area contributed by atoms with Crippen LogP contribution in [0, 0.1) is 0 Å². The van der Waals surface area contributed by atoms with Gasteiger partial charge in [-0.25, -0.2) is 8.42 Å². The first kappa shape index (κ1) is 36.7. The summed E-state index contributed by atoms with van der Waals surface area (Å²) in [6.45, 7) is 9.08. The van der Waals surface area contributed by atoms with Crippen molar-refractivity contribution in [1.82, 2.24) is 0 Å². The maximum atomic E-state index is 13.4. The zero-order chi connectivity index (χ0) is 31.7. The fourth-order valence-corrected chi connectivity index (χ4v) is 6.66. The van der Waals surface area contributed by atoms with Gasteiger partial charge in [0, 0.05) is 12.8 Å². The molecule has 0 saturated carbocycles. The molecule has 0 aliphatic heterocycles. The number of benzene rings is 2. The number of nitrogen functional groups attached to an aromatic ring is 1. The highest BCUT2D eigenvalue weighted by Gasteiger charge is 2.25. The fraction of sp³-hybridized carbons (Fsp3) is 0.657. The number of phenols is 1. The number of rotatable bonds is 22. The van der Waals surface area contributed by atoms with E-state index in [1.165, 1.54) is 89.2 Å². The highest BCUT2D eigenvalue weighted by atomic mass is 32.2. The van der Waals surface area contributed by atoms with Gasteiger partial charge in [0.1, 0.15) is 23.0 Å². The molecule has 0 unspecified atom stereocenters. The second-order valence-electron chi connectivity index (χ2n) is 12.8. The van der Waals surface area contributed by atoms with Crippen molar-refractivity contribution in [3.63, 3.8) is 0 Å². The van der Waals surface area contributed by atoms with Crippen LogP contribution in [0.1, 0.15) is 129 Å². The van der Waals surface area contributed by atoms with Crippen LogP contribution in [-0.2, 0) is 26.6 Å². The normalized spacial score (nSPS) is 12.0. The minimum atomic E-state index is -4.10. The molecular weight excluding hydrogens is 560 g/mol. The third-order valence-electron chi connectivity index (χ3n) is 7.88. The van der Waals surface area contributed by atoms with Crippen molar-refractivity contribution in [1.29, 1.82) is 0 Å². The Morgan fingerprint density at radius 3 is 1.91 bits per heavy atom. The maximum absolute atomic E-state index is 13.4. The Balaban J connectivity index is 1.94.